The van der Waals surface area contributed by atoms with Crippen molar-refractivity contribution in [2.45, 2.75) is 6.54 Å². The van der Waals surface area contributed by atoms with Crippen LogP contribution in [0, 0.1) is 11.8 Å². The Hall–Kier alpha value is -4.07. The summed E-state index contributed by atoms with van der Waals surface area (Å²) in [6, 6.07) is 28.0. The van der Waals surface area contributed by atoms with Crippen LogP contribution in [0.3, 0.4) is 0 Å². The van der Waals surface area contributed by atoms with Crippen molar-refractivity contribution in [2.24, 2.45) is 7.05 Å². The van der Waals surface area contributed by atoms with Crippen molar-refractivity contribution in [3.8, 4) is 23.0 Å². The van der Waals surface area contributed by atoms with Crippen molar-refractivity contribution in [3.63, 3.8) is 0 Å². The van der Waals surface area contributed by atoms with E-state index in [-0.39, 0.29) is 0 Å². The Bertz CT molecular complexity index is 1460. The van der Waals surface area contributed by atoms with Crippen LogP contribution in [0.4, 0.5) is 5.95 Å². The Morgan fingerprint density at radius 3 is 2.42 bits per heavy atom. The van der Waals surface area contributed by atoms with Crippen LogP contribution in [0.15, 0.2) is 91.1 Å². The molecule has 0 amide bonds. The van der Waals surface area contributed by atoms with E-state index in [1.165, 1.54) is 5.56 Å². The highest BCUT2D eigenvalue weighted by Gasteiger charge is 2.08. The van der Waals surface area contributed by atoms with Crippen LogP contribution in [0.2, 0.25) is 5.02 Å². The standard InChI is InChI=1S/C28H21ClN4/c1-33-27-16-8-20(17-26(27)32-28(33)31-18-21-5-3-2-4-6-21)7-14-25-15-11-23(19-30-25)22-9-12-24(29)13-10-22/h2-6,8-13,15-17,19H,18H2,1H3,(H,31,32). The number of aromatic nitrogens is 3. The lowest BCUT2D eigenvalue weighted by molar-refractivity contribution is 0.927. The fraction of sp³-hybridized carbons (Fsp3) is 0.0714. The molecule has 33 heavy (non-hydrogen) atoms. The van der Waals surface area contributed by atoms with E-state index in [0.717, 1.165) is 50.9 Å². The van der Waals surface area contributed by atoms with Gasteiger partial charge in [-0.05, 0) is 53.4 Å². The van der Waals surface area contributed by atoms with Crippen molar-refractivity contribution in [1.82, 2.24) is 14.5 Å². The number of nitrogens with zero attached hydrogens (tertiary/aromatic N) is 3. The third-order valence-electron chi connectivity index (χ3n) is 5.45. The van der Waals surface area contributed by atoms with Crippen LogP contribution >= 0.6 is 11.6 Å². The summed E-state index contributed by atoms with van der Waals surface area (Å²) in [4.78, 5) is 9.24. The van der Waals surface area contributed by atoms with Gasteiger partial charge in [-0.3, -0.25) is 0 Å². The molecular weight excluding hydrogens is 428 g/mol. The second-order valence-corrected chi connectivity index (χ2v) is 8.16. The van der Waals surface area contributed by atoms with Gasteiger partial charge in [0, 0.05) is 35.9 Å². The summed E-state index contributed by atoms with van der Waals surface area (Å²) >= 11 is 5.97. The van der Waals surface area contributed by atoms with Gasteiger partial charge in [-0.15, -0.1) is 0 Å². The molecule has 2 aromatic heterocycles. The van der Waals surface area contributed by atoms with Crippen molar-refractivity contribution < 1.29 is 0 Å². The first kappa shape index (κ1) is 20.8. The van der Waals surface area contributed by atoms with Crippen molar-refractivity contribution in [2.75, 3.05) is 5.32 Å². The number of hydrogen-bond donors (Lipinski definition) is 1. The predicted octanol–water partition coefficient (Wildman–Crippen LogP) is 6.30. The molecule has 0 radical (unpaired) electrons. The number of hydrogen-bond acceptors (Lipinski definition) is 3. The molecule has 2 heterocycles. The molecule has 0 spiro atoms. The van der Waals surface area contributed by atoms with Gasteiger partial charge in [-0.2, -0.15) is 0 Å². The van der Waals surface area contributed by atoms with E-state index >= 15 is 0 Å². The Labute approximate surface area is 197 Å². The Morgan fingerprint density at radius 2 is 1.67 bits per heavy atom. The third kappa shape index (κ3) is 4.74. The molecule has 0 atom stereocenters. The summed E-state index contributed by atoms with van der Waals surface area (Å²) in [5.41, 5.74) is 6.90. The molecule has 0 saturated carbocycles. The van der Waals surface area contributed by atoms with Gasteiger partial charge in [0.25, 0.3) is 0 Å². The third-order valence-corrected chi connectivity index (χ3v) is 5.70. The maximum absolute atomic E-state index is 5.97. The number of halogens is 1. The maximum atomic E-state index is 5.97. The van der Waals surface area contributed by atoms with Gasteiger partial charge < -0.3 is 9.88 Å². The van der Waals surface area contributed by atoms with Crippen LogP contribution < -0.4 is 5.32 Å². The summed E-state index contributed by atoms with van der Waals surface area (Å²) < 4.78 is 2.06. The monoisotopic (exact) mass is 448 g/mol. The number of fused-ring (bicyclic) bond motifs is 1. The van der Waals surface area contributed by atoms with Gasteiger partial charge in [0.15, 0.2) is 0 Å². The van der Waals surface area contributed by atoms with E-state index in [4.69, 9.17) is 16.6 Å². The van der Waals surface area contributed by atoms with Gasteiger partial charge in [-0.1, -0.05) is 66.1 Å². The van der Waals surface area contributed by atoms with Crippen LogP contribution in [0.5, 0.6) is 0 Å². The van der Waals surface area contributed by atoms with E-state index in [1.807, 2.05) is 80.0 Å². The van der Waals surface area contributed by atoms with Gasteiger partial charge in [0.1, 0.15) is 5.69 Å². The molecule has 0 aliphatic carbocycles. The summed E-state index contributed by atoms with van der Waals surface area (Å²) in [6.07, 6.45) is 1.83. The molecule has 1 N–H and O–H groups in total. The molecule has 5 aromatic rings. The number of imidazole rings is 1. The van der Waals surface area contributed by atoms with Crippen LogP contribution in [0.1, 0.15) is 16.8 Å². The number of pyridine rings is 1. The van der Waals surface area contributed by atoms with Gasteiger partial charge >= 0.3 is 0 Å². The Kier molecular flexibility index (Phi) is 5.80. The summed E-state index contributed by atoms with van der Waals surface area (Å²) in [7, 11) is 2.01. The zero-order valence-electron chi connectivity index (χ0n) is 18.1. The highest BCUT2D eigenvalue weighted by molar-refractivity contribution is 6.30. The number of benzene rings is 3. The average Bonchev–Trinajstić information content (AvgIpc) is 3.17. The van der Waals surface area contributed by atoms with Crippen LogP contribution in [0.25, 0.3) is 22.2 Å². The lowest BCUT2D eigenvalue weighted by Crippen LogP contribution is -2.04. The molecule has 5 rings (SSSR count). The lowest BCUT2D eigenvalue weighted by atomic mass is 10.1. The molecule has 0 bridgehead atoms. The lowest BCUT2D eigenvalue weighted by Gasteiger charge is -2.06. The highest BCUT2D eigenvalue weighted by atomic mass is 35.5. The molecular formula is C28H21ClN4. The van der Waals surface area contributed by atoms with E-state index in [0.29, 0.717) is 0 Å². The first-order chi connectivity index (χ1) is 16.2. The highest BCUT2D eigenvalue weighted by Crippen LogP contribution is 2.22. The molecule has 0 aliphatic heterocycles. The van der Waals surface area contributed by atoms with E-state index < -0.39 is 0 Å². The largest absolute Gasteiger partial charge is 0.352 e. The fourth-order valence-electron chi connectivity index (χ4n) is 3.63. The molecule has 5 heteroatoms. The zero-order valence-corrected chi connectivity index (χ0v) is 18.8. The van der Waals surface area contributed by atoms with Crippen LogP contribution in [-0.2, 0) is 13.6 Å². The molecule has 4 nitrogen and oxygen atoms in total. The average molecular weight is 449 g/mol. The van der Waals surface area contributed by atoms with E-state index in [1.54, 1.807) is 0 Å². The Morgan fingerprint density at radius 1 is 0.879 bits per heavy atom. The van der Waals surface area contributed by atoms with Gasteiger partial charge in [0.05, 0.1) is 11.0 Å². The van der Waals surface area contributed by atoms with Gasteiger partial charge in [0.2, 0.25) is 5.95 Å². The number of aryl methyl sites for hydroxylation is 1. The summed E-state index contributed by atoms with van der Waals surface area (Å²) in [5, 5.41) is 4.14. The smallest absolute Gasteiger partial charge is 0.203 e. The molecule has 0 fully saturated rings. The number of rotatable bonds is 4. The minimum Gasteiger partial charge on any atom is -0.352 e. The molecule has 160 valence electrons. The maximum Gasteiger partial charge on any atom is 0.203 e. The molecule has 0 saturated heterocycles. The fourth-order valence-corrected chi connectivity index (χ4v) is 3.76. The SMILES string of the molecule is Cn1c(NCc2ccccc2)nc2cc(C#Cc3ccc(-c4ccc(Cl)cc4)cn3)ccc21. The normalized spacial score (nSPS) is 10.6. The second kappa shape index (κ2) is 9.20. The Balaban J connectivity index is 1.33. The number of anilines is 1. The minimum absolute atomic E-state index is 0.721. The minimum atomic E-state index is 0.721. The van der Waals surface area contributed by atoms with Gasteiger partial charge in [-0.25, -0.2) is 9.97 Å². The topological polar surface area (TPSA) is 42.7 Å². The molecule has 3 aromatic carbocycles. The van der Waals surface area contributed by atoms with Crippen LogP contribution in [-0.4, -0.2) is 14.5 Å². The first-order valence-electron chi connectivity index (χ1n) is 10.6. The zero-order chi connectivity index (χ0) is 22.6. The van der Waals surface area contributed by atoms with Crippen molar-refractivity contribution in [1.29, 1.82) is 0 Å². The van der Waals surface area contributed by atoms with Crippen molar-refractivity contribution >= 4 is 28.6 Å². The second-order valence-electron chi connectivity index (χ2n) is 7.73. The van der Waals surface area contributed by atoms with E-state index in [2.05, 4.69) is 44.9 Å². The summed E-state index contributed by atoms with van der Waals surface area (Å²) in [6.45, 7) is 0.725. The molecule has 0 unspecified atom stereocenters. The first-order valence-corrected chi connectivity index (χ1v) is 11.0. The quantitative estimate of drug-likeness (QED) is 0.328. The predicted molar refractivity (Wildman–Crippen MR) is 135 cm³/mol. The number of nitrogens with one attached hydrogen (secondary N) is 1. The summed E-state index contributed by atoms with van der Waals surface area (Å²) in [5.74, 6) is 7.19. The van der Waals surface area contributed by atoms with Crippen molar-refractivity contribution in [3.05, 3.63) is 113 Å². The van der Waals surface area contributed by atoms with E-state index in [9.17, 15) is 0 Å². The molecule has 0 aliphatic rings.